The standard InChI is InChI=1S/C6H10O6/c7-3-1-6(11,5(9)10)12-2-4(3)8/h3-4,7-8,11H,1-2H2,(H,9,10). The SMILES string of the molecule is O=C(O)C1(O)CC(O)C(O)CO1. The second kappa shape index (κ2) is 2.98. The van der Waals surface area contributed by atoms with E-state index in [-0.39, 0.29) is 6.61 Å². The number of rotatable bonds is 1. The average molecular weight is 178 g/mol. The molecule has 4 N–H and O–H groups in total. The van der Waals surface area contributed by atoms with Crippen LogP contribution in [-0.4, -0.2) is 51.0 Å². The van der Waals surface area contributed by atoms with Crippen LogP contribution in [0.25, 0.3) is 0 Å². The van der Waals surface area contributed by atoms with Gasteiger partial charge in [0.2, 0.25) is 0 Å². The number of carbonyl (C=O) groups is 1. The first-order valence-electron chi connectivity index (χ1n) is 3.41. The maximum absolute atomic E-state index is 10.4. The summed E-state index contributed by atoms with van der Waals surface area (Å²) in [5.41, 5.74) is 0. The van der Waals surface area contributed by atoms with Gasteiger partial charge >= 0.3 is 5.97 Å². The lowest BCUT2D eigenvalue weighted by atomic mass is 10.0. The Hall–Kier alpha value is -0.690. The number of aliphatic carboxylic acids is 1. The quantitative estimate of drug-likeness (QED) is 0.366. The van der Waals surface area contributed by atoms with E-state index in [0.29, 0.717) is 0 Å². The van der Waals surface area contributed by atoms with E-state index < -0.39 is 30.4 Å². The van der Waals surface area contributed by atoms with Crippen LogP contribution >= 0.6 is 0 Å². The summed E-state index contributed by atoms with van der Waals surface area (Å²) in [5, 5.41) is 35.5. The van der Waals surface area contributed by atoms with Crippen LogP contribution in [0.15, 0.2) is 0 Å². The topological polar surface area (TPSA) is 107 Å². The van der Waals surface area contributed by atoms with Crippen LogP contribution in [0.5, 0.6) is 0 Å². The molecule has 3 atom stereocenters. The van der Waals surface area contributed by atoms with E-state index in [9.17, 15) is 4.79 Å². The molecule has 0 aliphatic carbocycles. The fourth-order valence-electron chi connectivity index (χ4n) is 0.962. The lowest BCUT2D eigenvalue weighted by molar-refractivity contribution is -0.267. The molecular formula is C6H10O6. The molecule has 1 fully saturated rings. The Bertz CT molecular complexity index is 192. The molecule has 0 spiro atoms. The molecule has 1 aliphatic heterocycles. The van der Waals surface area contributed by atoms with Crippen molar-refractivity contribution in [1.82, 2.24) is 0 Å². The Morgan fingerprint density at radius 1 is 1.42 bits per heavy atom. The Morgan fingerprint density at radius 3 is 2.42 bits per heavy atom. The highest BCUT2D eigenvalue weighted by molar-refractivity contribution is 5.75. The van der Waals surface area contributed by atoms with Crippen molar-refractivity contribution in [2.45, 2.75) is 24.4 Å². The normalized spacial score (nSPS) is 42.6. The van der Waals surface area contributed by atoms with Gasteiger partial charge < -0.3 is 25.2 Å². The van der Waals surface area contributed by atoms with E-state index in [0.717, 1.165) is 0 Å². The molecule has 3 unspecified atom stereocenters. The van der Waals surface area contributed by atoms with Gasteiger partial charge in [-0.15, -0.1) is 0 Å². The summed E-state index contributed by atoms with van der Waals surface area (Å²) >= 11 is 0. The van der Waals surface area contributed by atoms with Crippen molar-refractivity contribution in [3.63, 3.8) is 0 Å². The van der Waals surface area contributed by atoms with Crippen molar-refractivity contribution in [3.05, 3.63) is 0 Å². The van der Waals surface area contributed by atoms with E-state index in [1.54, 1.807) is 0 Å². The third kappa shape index (κ3) is 1.56. The number of hydrogen-bond acceptors (Lipinski definition) is 5. The molecule has 6 nitrogen and oxygen atoms in total. The highest BCUT2D eigenvalue weighted by atomic mass is 16.7. The number of hydrogen-bond donors (Lipinski definition) is 4. The summed E-state index contributed by atoms with van der Waals surface area (Å²) in [5.74, 6) is -3.92. The second-order valence-corrected chi connectivity index (χ2v) is 2.74. The maximum atomic E-state index is 10.4. The smallest absolute Gasteiger partial charge is 0.364 e. The molecule has 6 heteroatoms. The fourth-order valence-corrected chi connectivity index (χ4v) is 0.962. The summed E-state index contributed by atoms with van der Waals surface area (Å²) < 4.78 is 4.46. The van der Waals surface area contributed by atoms with Crippen molar-refractivity contribution in [2.24, 2.45) is 0 Å². The molecule has 0 bridgehead atoms. The first-order valence-corrected chi connectivity index (χ1v) is 3.41. The Morgan fingerprint density at radius 2 is 2.00 bits per heavy atom. The Balaban J connectivity index is 2.66. The summed E-state index contributed by atoms with van der Waals surface area (Å²) in [6.45, 7) is -0.385. The van der Waals surface area contributed by atoms with Crippen LogP contribution < -0.4 is 0 Å². The zero-order valence-electron chi connectivity index (χ0n) is 6.17. The van der Waals surface area contributed by atoms with Gasteiger partial charge in [-0.05, 0) is 0 Å². The highest BCUT2D eigenvalue weighted by Crippen LogP contribution is 2.22. The van der Waals surface area contributed by atoms with Crippen LogP contribution in [-0.2, 0) is 9.53 Å². The fraction of sp³-hybridized carbons (Fsp3) is 0.833. The van der Waals surface area contributed by atoms with Crippen LogP contribution in [0, 0.1) is 0 Å². The molecule has 1 saturated heterocycles. The van der Waals surface area contributed by atoms with Gasteiger partial charge in [0.1, 0.15) is 6.10 Å². The first kappa shape index (κ1) is 9.40. The summed E-state index contributed by atoms with van der Waals surface area (Å²) in [6, 6.07) is 0. The number of aliphatic hydroxyl groups is 3. The molecule has 0 aromatic carbocycles. The molecule has 0 radical (unpaired) electrons. The Kier molecular flexibility index (Phi) is 2.34. The summed E-state index contributed by atoms with van der Waals surface area (Å²) in [7, 11) is 0. The van der Waals surface area contributed by atoms with Gasteiger partial charge in [-0.25, -0.2) is 4.79 Å². The van der Waals surface area contributed by atoms with Gasteiger partial charge in [0, 0.05) is 6.42 Å². The van der Waals surface area contributed by atoms with Crippen molar-refractivity contribution in [1.29, 1.82) is 0 Å². The van der Waals surface area contributed by atoms with Crippen molar-refractivity contribution >= 4 is 5.97 Å². The molecule has 1 rings (SSSR count). The van der Waals surface area contributed by atoms with Gasteiger partial charge in [0.15, 0.2) is 0 Å². The lowest BCUT2D eigenvalue weighted by Gasteiger charge is -2.33. The van der Waals surface area contributed by atoms with Gasteiger partial charge in [0.05, 0.1) is 12.7 Å². The zero-order valence-corrected chi connectivity index (χ0v) is 6.17. The third-order valence-corrected chi connectivity index (χ3v) is 1.76. The highest BCUT2D eigenvalue weighted by Gasteiger charge is 2.45. The minimum Gasteiger partial charge on any atom is -0.477 e. The maximum Gasteiger partial charge on any atom is 0.364 e. The monoisotopic (exact) mass is 178 g/mol. The summed E-state index contributed by atoms with van der Waals surface area (Å²) in [6.07, 6.45) is -2.92. The lowest BCUT2D eigenvalue weighted by Crippen LogP contribution is -2.53. The summed E-state index contributed by atoms with van der Waals surface area (Å²) in [4.78, 5) is 10.4. The van der Waals surface area contributed by atoms with E-state index >= 15 is 0 Å². The predicted octanol–water partition coefficient (Wildman–Crippen LogP) is -2.10. The van der Waals surface area contributed by atoms with Gasteiger partial charge in [-0.2, -0.15) is 0 Å². The molecule has 0 amide bonds. The van der Waals surface area contributed by atoms with Crippen molar-refractivity contribution in [3.8, 4) is 0 Å². The zero-order chi connectivity index (χ0) is 9.35. The average Bonchev–Trinajstić information content (AvgIpc) is 1.97. The molecule has 1 aliphatic rings. The van der Waals surface area contributed by atoms with Crippen LogP contribution in [0.3, 0.4) is 0 Å². The van der Waals surface area contributed by atoms with Crippen molar-refractivity contribution < 1.29 is 30.0 Å². The van der Waals surface area contributed by atoms with Crippen LogP contribution in [0.4, 0.5) is 0 Å². The largest absolute Gasteiger partial charge is 0.477 e. The van der Waals surface area contributed by atoms with Gasteiger partial charge in [0.25, 0.3) is 5.79 Å². The molecule has 0 aromatic heterocycles. The number of carboxylic acids is 1. The minimum atomic E-state index is -2.36. The molecule has 1 heterocycles. The van der Waals surface area contributed by atoms with Crippen LogP contribution in [0.2, 0.25) is 0 Å². The number of ether oxygens (including phenoxy) is 1. The van der Waals surface area contributed by atoms with Gasteiger partial charge in [-0.1, -0.05) is 0 Å². The second-order valence-electron chi connectivity index (χ2n) is 2.74. The molecular weight excluding hydrogens is 168 g/mol. The van der Waals surface area contributed by atoms with Crippen LogP contribution in [0.1, 0.15) is 6.42 Å². The van der Waals surface area contributed by atoms with E-state index in [1.165, 1.54) is 0 Å². The number of aliphatic hydroxyl groups excluding tert-OH is 2. The predicted molar refractivity (Wildman–Crippen MR) is 35.2 cm³/mol. The van der Waals surface area contributed by atoms with E-state index in [2.05, 4.69) is 4.74 Å². The number of carboxylic acid groups (broad SMARTS) is 1. The molecule has 70 valence electrons. The first-order chi connectivity index (χ1) is 5.46. The van der Waals surface area contributed by atoms with Gasteiger partial charge in [-0.3, -0.25) is 0 Å². The molecule has 0 saturated carbocycles. The molecule has 0 aromatic rings. The van der Waals surface area contributed by atoms with Crippen molar-refractivity contribution in [2.75, 3.05) is 6.61 Å². The van der Waals surface area contributed by atoms with E-state index in [4.69, 9.17) is 20.4 Å². The third-order valence-electron chi connectivity index (χ3n) is 1.76. The molecule has 12 heavy (non-hydrogen) atoms. The van der Waals surface area contributed by atoms with E-state index in [1.807, 2.05) is 0 Å². The minimum absolute atomic E-state index is 0.385. The Labute approximate surface area is 68.0 Å².